The Labute approximate surface area is 151 Å². The van der Waals surface area contributed by atoms with Gasteiger partial charge in [-0.2, -0.15) is 0 Å². The molecule has 0 spiro atoms. The molecule has 0 atom stereocenters. The van der Waals surface area contributed by atoms with Gasteiger partial charge in [0.1, 0.15) is 11.2 Å². The number of pyridine rings is 1. The van der Waals surface area contributed by atoms with Gasteiger partial charge in [0, 0.05) is 0 Å². The van der Waals surface area contributed by atoms with Crippen LogP contribution in [-0.2, 0) is 0 Å². The number of aryl methyl sites for hydroxylation is 1. The number of aromatic nitrogens is 1. The fourth-order valence-electron chi connectivity index (χ4n) is 3.14. The van der Waals surface area contributed by atoms with Crippen LogP contribution in [-0.4, -0.2) is 0 Å². The van der Waals surface area contributed by atoms with Crippen molar-refractivity contribution in [3.05, 3.63) is 72.3 Å². The zero-order valence-corrected chi connectivity index (χ0v) is 14.6. The minimum atomic E-state index is 0. The number of fused-ring (bicyclic) bond motifs is 1. The van der Waals surface area contributed by atoms with Crippen LogP contribution in [0.2, 0.25) is 0 Å². The Hall–Kier alpha value is -1.68. The molecule has 0 N–H and O–H groups in total. The van der Waals surface area contributed by atoms with Crippen molar-refractivity contribution in [2.75, 3.05) is 0 Å². The summed E-state index contributed by atoms with van der Waals surface area (Å²) in [4.78, 5) is 0. The van der Waals surface area contributed by atoms with Crippen molar-refractivity contribution in [3.8, 4) is 11.3 Å². The van der Waals surface area contributed by atoms with Crippen molar-refractivity contribution in [2.45, 2.75) is 33.6 Å². The Balaban J connectivity index is 0.00000192. The normalized spacial score (nSPS) is 10.4. The first-order valence-electron chi connectivity index (χ1n) is 8.02. The number of benzene rings is 2. The van der Waals surface area contributed by atoms with Crippen LogP contribution in [0.3, 0.4) is 0 Å². The quantitative estimate of drug-likeness (QED) is 0.394. The molecule has 0 bridgehead atoms. The first kappa shape index (κ1) is 17.7. The van der Waals surface area contributed by atoms with Crippen LogP contribution in [0.1, 0.15) is 32.3 Å². The standard InChI is InChI=1S/C21H22N.Li/c1-4-18(5-2)22-20-14-10-9-13-19(20)16(3)15-21(22)17-11-7-6-8-12-17;/h6-11,13-15H,4-5H2,1-3H3;/q-1;+1. The number of rotatable bonds is 4. The fraction of sp³-hybridized carbons (Fsp3) is 0.238. The molecule has 112 valence electrons. The molecule has 1 heterocycles. The summed E-state index contributed by atoms with van der Waals surface area (Å²) < 4.78 is 2.42. The van der Waals surface area contributed by atoms with Gasteiger partial charge in [0.25, 0.3) is 0 Å². The molecule has 23 heavy (non-hydrogen) atoms. The number of hydrogen-bond donors (Lipinski definition) is 0. The molecule has 0 amide bonds. The van der Waals surface area contributed by atoms with E-state index in [1.165, 1.54) is 28.2 Å². The molecule has 0 saturated heterocycles. The summed E-state index contributed by atoms with van der Waals surface area (Å²) in [6, 6.07) is 24.0. The first-order chi connectivity index (χ1) is 10.8. The van der Waals surface area contributed by atoms with Crippen LogP contribution < -0.4 is 23.4 Å². The molecule has 0 saturated carbocycles. The number of nitrogens with zero attached hydrogens (tertiary/aromatic N) is 1. The molecule has 3 aromatic rings. The molecular formula is C21H22LiN. The first-order valence-corrected chi connectivity index (χ1v) is 8.02. The monoisotopic (exact) mass is 295 g/mol. The van der Waals surface area contributed by atoms with Gasteiger partial charge in [0.2, 0.25) is 0 Å². The van der Waals surface area contributed by atoms with Crippen molar-refractivity contribution in [1.29, 1.82) is 0 Å². The Morgan fingerprint density at radius 1 is 1.00 bits per heavy atom. The third-order valence-electron chi connectivity index (χ3n) is 4.28. The molecule has 0 unspecified atom stereocenters. The maximum atomic E-state index is 3.39. The summed E-state index contributed by atoms with van der Waals surface area (Å²) in [6.45, 7) is 6.66. The second-order valence-corrected chi connectivity index (χ2v) is 5.61. The summed E-state index contributed by atoms with van der Waals surface area (Å²) in [6.07, 6.45) is 2.10. The summed E-state index contributed by atoms with van der Waals surface area (Å²) in [7, 11) is 0. The minimum absolute atomic E-state index is 0. The zero-order chi connectivity index (χ0) is 15.5. The SMILES string of the molecule is CC[C-](CC)[n+]1c(-c2[c-]cccc2)cc(C)c2ccccc21.[Li+]. The molecule has 1 aromatic heterocycles. The van der Waals surface area contributed by atoms with Gasteiger partial charge in [-0.15, -0.1) is 30.3 Å². The van der Waals surface area contributed by atoms with E-state index in [0.717, 1.165) is 18.4 Å². The van der Waals surface area contributed by atoms with Gasteiger partial charge in [0.05, 0.1) is 6.04 Å². The van der Waals surface area contributed by atoms with Crippen molar-refractivity contribution in [1.82, 2.24) is 0 Å². The van der Waals surface area contributed by atoms with E-state index in [9.17, 15) is 0 Å². The topological polar surface area (TPSA) is 3.88 Å². The summed E-state index contributed by atoms with van der Waals surface area (Å²) >= 11 is 0. The van der Waals surface area contributed by atoms with E-state index in [1.807, 2.05) is 12.1 Å². The molecule has 0 aliphatic rings. The van der Waals surface area contributed by atoms with Crippen LogP contribution in [0.4, 0.5) is 0 Å². The molecule has 3 rings (SSSR count). The summed E-state index contributed by atoms with van der Waals surface area (Å²) in [5.41, 5.74) is 4.98. The van der Waals surface area contributed by atoms with Gasteiger partial charge in [-0.05, 0) is 37.3 Å². The second kappa shape index (κ2) is 7.73. The van der Waals surface area contributed by atoms with E-state index < -0.39 is 0 Å². The van der Waals surface area contributed by atoms with Crippen molar-refractivity contribution < 1.29 is 23.4 Å². The van der Waals surface area contributed by atoms with Crippen LogP contribution in [0, 0.1) is 19.0 Å². The van der Waals surface area contributed by atoms with Gasteiger partial charge in [-0.1, -0.05) is 43.2 Å². The average Bonchev–Trinajstić information content (AvgIpc) is 2.58. The Morgan fingerprint density at radius 3 is 2.35 bits per heavy atom. The van der Waals surface area contributed by atoms with E-state index in [2.05, 4.69) is 73.9 Å². The van der Waals surface area contributed by atoms with Gasteiger partial charge >= 0.3 is 18.9 Å². The van der Waals surface area contributed by atoms with Crippen LogP contribution in [0.5, 0.6) is 0 Å². The van der Waals surface area contributed by atoms with Crippen molar-refractivity contribution >= 4 is 10.9 Å². The second-order valence-electron chi connectivity index (χ2n) is 5.61. The van der Waals surface area contributed by atoms with Gasteiger partial charge in [0.15, 0.2) is 0 Å². The van der Waals surface area contributed by atoms with Crippen molar-refractivity contribution in [3.63, 3.8) is 0 Å². The average molecular weight is 295 g/mol. The van der Waals surface area contributed by atoms with Crippen molar-refractivity contribution in [2.24, 2.45) is 0 Å². The maximum Gasteiger partial charge on any atom is 1.00 e. The molecule has 0 radical (unpaired) electrons. The van der Waals surface area contributed by atoms with Gasteiger partial charge in [-0.25, -0.2) is 0 Å². The number of para-hydroxylation sites is 1. The van der Waals surface area contributed by atoms with E-state index >= 15 is 0 Å². The van der Waals surface area contributed by atoms with Gasteiger partial charge in [-0.3, -0.25) is 0 Å². The molecule has 0 aliphatic heterocycles. The van der Waals surface area contributed by atoms with E-state index in [4.69, 9.17) is 0 Å². The molecule has 0 fully saturated rings. The van der Waals surface area contributed by atoms with Crippen LogP contribution in [0.25, 0.3) is 22.2 Å². The smallest absolute Gasteiger partial charge is 0.309 e. The van der Waals surface area contributed by atoms with E-state index in [1.54, 1.807) is 0 Å². The van der Waals surface area contributed by atoms with E-state index in [-0.39, 0.29) is 18.9 Å². The van der Waals surface area contributed by atoms with Gasteiger partial charge < -0.3 is 4.57 Å². The Kier molecular flexibility index (Phi) is 5.94. The largest absolute Gasteiger partial charge is 1.00 e. The van der Waals surface area contributed by atoms with Crippen LogP contribution in [0.15, 0.2) is 54.6 Å². The van der Waals surface area contributed by atoms with Crippen LogP contribution >= 0.6 is 0 Å². The third kappa shape index (κ3) is 3.32. The molecule has 2 heteroatoms. The van der Waals surface area contributed by atoms with E-state index in [0.29, 0.717) is 0 Å². The Bertz CT molecular complexity index is 776. The minimum Gasteiger partial charge on any atom is -0.309 e. The molecule has 2 aromatic carbocycles. The molecular weight excluding hydrogens is 273 g/mol. The predicted molar refractivity (Wildman–Crippen MR) is 92.4 cm³/mol. The zero-order valence-electron chi connectivity index (χ0n) is 14.6. The Morgan fingerprint density at radius 2 is 1.70 bits per heavy atom. The summed E-state index contributed by atoms with van der Waals surface area (Å²) in [5.74, 6) is 0. The molecule has 1 nitrogen and oxygen atoms in total. The third-order valence-corrected chi connectivity index (χ3v) is 4.28. The summed E-state index contributed by atoms with van der Waals surface area (Å²) in [5, 5.41) is 1.32. The predicted octanol–water partition coefficient (Wildman–Crippen LogP) is 2.11. The number of hydrogen-bond acceptors (Lipinski definition) is 0. The fourth-order valence-corrected chi connectivity index (χ4v) is 3.14. The molecule has 0 aliphatic carbocycles. The maximum absolute atomic E-state index is 3.39.